The van der Waals surface area contributed by atoms with Gasteiger partial charge in [-0.25, -0.2) is 24.7 Å². The number of rotatable bonds is 7. The number of carbonyl (C=O) groups is 2. The summed E-state index contributed by atoms with van der Waals surface area (Å²) in [6.45, 7) is 7.83. The number of pyridine rings is 1. The van der Waals surface area contributed by atoms with E-state index in [2.05, 4.69) is 20.2 Å². The molecule has 12 heteroatoms. The number of anilines is 2. The maximum absolute atomic E-state index is 12.1. The van der Waals surface area contributed by atoms with Crippen molar-refractivity contribution in [1.82, 2.24) is 24.9 Å². The van der Waals surface area contributed by atoms with E-state index in [1.807, 2.05) is 30.3 Å². The molecule has 0 saturated carbocycles. The van der Waals surface area contributed by atoms with Gasteiger partial charge in [0, 0.05) is 43.7 Å². The Labute approximate surface area is 242 Å². The maximum atomic E-state index is 12.1. The lowest BCUT2D eigenvalue weighted by Crippen LogP contribution is -2.37. The number of ketones is 1. The van der Waals surface area contributed by atoms with Crippen molar-refractivity contribution >= 4 is 46.3 Å². The first kappa shape index (κ1) is 28.3. The Hall–Kier alpha value is -4.22. The molecule has 0 spiro atoms. The fraction of sp³-hybridized carbons (Fsp3) is 0.345. The van der Waals surface area contributed by atoms with Gasteiger partial charge in [-0.05, 0) is 38.0 Å². The molecular weight excluding hydrogens is 546 g/mol. The Morgan fingerprint density at radius 3 is 2.44 bits per heavy atom. The van der Waals surface area contributed by atoms with E-state index in [4.69, 9.17) is 36.0 Å². The van der Waals surface area contributed by atoms with E-state index in [9.17, 15) is 9.59 Å². The number of Topliss-reactive ketones (excluding diaryl/α,β-unsaturated/α-hetero) is 1. The molecule has 1 aliphatic rings. The number of hydrogen-bond acceptors (Lipinski definition) is 10. The lowest BCUT2D eigenvalue weighted by atomic mass is 10.0. The molecule has 4 heterocycles. The summed E-state index contributed by atoms with van der Waals surface area (Å²) >= 11 is 5.70. The summed E-state index contributed by atoms with van der Waals surface area (Å²) in [5.74, 6) is 1.16. The summed E-state index contributed by atoms with van der Waals surface area (Å²) in [5, 5.41) is 2.53. The van der Waals surface area contributed by atoms with Gasteiger partial charge in [-0.3, -0.25) is 15.1 Å². The van der Waals surface area contributed by atoms with Gasteiger partial charge in [-0.1, -0.05) is 24.3 Å². The van der Waals surface area contributed by atoms with E-state index >= 15 is 0 Å². The van der Waals surface area contributed by atoms with Crippen LogP contribution in [-0.2, 0) is 20.7 Å². The molecular formula is C29H30ClN7O4. The number of nitrogens with one attached hydrogen (secondary N) is 1. The third kappa shape index (κ3) is 7.11. The van der Waals surface area contributed by atoms with Crippen LogP contribution in [-0.4, -0.2) is 74.6 Å². The number of nitrogens with zero attached hydrogens (tertiary/aromatic N) is 6. The Balaban J connectivity index is 1.51. The zero-order valence-electron chi connectivity index (χ0n) is 23.1. The van der Waals surface area contributed by atoms with Crippen molar-refractivity contribution in [2.75, 3.05) is 42.4 Å². The highest BCUT2D eigenvalue weighted by atomic mass is 35.5. The molecule has 0 unspecified atom stereocenters. The quantitative estimate of drug-likeness (QED) is 0.310. The molecule has 1 amide bonds. The van der Waals surface area contributed by atoms with Gasteiger partial charge >= 0.3 is 6.09 Å². The number of halogens is 1. The number of amides is 1. The fourth-order valence-electron chi connectivity index (χ4n) is 4.32. The van der Waals surface area contributed by atoms with Crippen LogP contribution in [0.2, 0.25) is 0 Å². The van der Waals surface area contributed by atoms with Crippen molar-refractivity contribution in [3.8, 4) is 22.5 Å². The monoisotopic (exact) mass is 575 g/mol. The zero-order chi connectivity index (χ0) is 29.0. The first-order valence-corrected chi connectivity index (χ1v) is 13.7. The summed E-state index contributed by atoms with van der Waals surface area (Å²) in [6.07, 6.45) is 4.52. The summed E-state index contributed by atoms with van der Waals surface area (Å²) in [4.78, 5) is 49.1. The second-order valence-electron chi connectivity index (χ2n) is 10.5. The van der Waals surface area contributed by atoms with Gasteiger partial charge in [0.1, 0.15) is 11.1 Å². The van der Waals surface area contributed by atoms with Crippen LogP contribution in [0, 0.1) is 0 Å². The Morgan fingerprint density at radius 1 is 1.00 bits per heavy atom. The molecule has 0 aliphatic carbocycles. The molecule has 0 bridgehead atoms. The van der Waals surface area contributed by atoms with Crippen LogP contribution in [0.5, 0.6) is 0 Å². The molecule has 11 nitrogen and oxygen atoms in total. The largest absolute Gasteiger partial charge is 0.444 e. The fourth-order valence-corrected chi connectivity index (χ4v) is 4.42. The van der Waals surface area contributed by atoms with Crippen molar-refractivity contribution in [3.63, 3.8) is 0 Å². The third-order valence-corrected chi connectivity index (χ3v) is 6.46. The Morgan fingerprint density at radius 2 is 1.73 bits per heavy atom. The highest BCUT2D eigenvalue weighted by Crippen LogP contribution is 2.30. The van der Waals surface area contributed by atoms with Gasteiger partial charge < -0.3 is 14.4 Å². The van der Waals surface area contributed by atoms with Gasteiger partial charge in [0.2, 0.25) is 5.95 Å². The van der Waals surface area contributed by atoms with E-state index in [0.29, 0.717) is 54.5 Å². The van der Waals surface area contributed by atoms with Crippen molar-refractivity contribution in [3.05, 3.63) is 54.5 Å². The summed E-state index contributed by atoms with van der Waals surface area (Å²) < 4.78 is 10.8. The van der Waals surface area contributed by atoms with Crippen LogP contribution >= 0.6 is 11.6 Å². The predicted octanol–water partition coefficient (Wildman–Crippen LogP) is 4.68. The summed E-state index contributed by atoms with van der Waals surface area (Å²) in [7, 11) is 0. The number of fused-ring (bicyclic) bond motifs is 1. The van der Waals surface area contributed by atoms with Crippen LogP contribution in [0.3, 0.4) is 0 Å². The van der Waals surface area contributed by atoms with Crippen LogP contribution in [0.1, 0.15) is 26.3 Å². The normalized spacial score (nSPS) is 13.7. The van der Waals surface area contributed by atoms with Crippen LogP contribution in [0.25, 0.3) is 33.5 Å². The smallest absolute Gasteiger partial charge is 0.414 e. The number of morpholine rings is 1. The van der Waals surface area contributed by atoms with Crippen molar-refractivity contribution in [1.29, 1.82) is 0 Å². The lowest BCUT2D eigenvalue weighted by molar-refractivity contribution is -0.116. The van der Waals surface area contributed by atoms with E-state index in [1.165, 1.54) is 0 Å². The number of carbonyl (C=O) groups excluding carboxylic acids is 2. The number of hydrogen-bond donors (Lipinski definition) is 1. The standard InChI is InChI=1S/C29H30ClN7O4/c1-29(2,3)41-28(39)36-27-32-16-21(17-33-27)25-34-23-13-20(19-6-4-5-18(11-19)12-22(38)14-30)15-31-24(23)26(35-25)37-7-9-40-10-8-37/h4-6,11,13,15-17H,7-10,12,14H2,1-3H3,(H,32,33,36,39). The van der Waals surface area contributed by atoms with Gasteiger partial charge in [-0.15, -0.1) is 11.6 Å². The number of ether oxygens (including phenoxy) is 2. The minimum atomic E-state index is -0.644. The molecule has 1 saturated heterocycles. The molecule has 0 atom stereocenters. The molecule has 212 valence electrons. The predicted molar refractivity (Wildman–Crippen MR) is 156 cm³/mol. The molecule has 1 aliphatic heterocycles. The minimum absolute atomic E-state index is 0.0203. The first-order valence-electron chi connectivity index (χ1n) is 13.2. The van der Waals surface area contributed by atoms with E-state index in [-0.39, 0.29) is 24.0 Å². The molecule has 5 rings (SSSR count). The van der Waals surface area contributed by atoms with Crippen LogP contribution < -0.4 is 10.2 Å². The third-order valence-electron chi connectivity index (χ3n) is 6.16. The van der Waals surface area contributed by atoms with Gasteiger partial charge in [0.15, 0.2) is 17.4 Å². The summed E-state index contributed by atoms with van der Waals surface area (Å²) in [6, 6.07) is 9.69. The molecule has 1 aromatic carbocycles. The molecule has 4 aromatic rings. The summed E-state index contributed by atoms with van der Waals surface area (Å²) in [5.41, 5.74) is 3.88. The average molecular weight is 576 g/mol. The average Bonchev–Trinajstić information content (AvgIpc) is 2.96. The number of benzene rings is 1. The van der Waals surface area contributed by atoms with Crippen LogP contribution in [0.4, 0.5) is 16.6 Å². The molecule has 0 radical (unpaired) electrons. The van der Waals surface area contributed by atoms with E-state index in [0.717, 1.165) is 16.7 Å². The molecule has 1 fully saturated rings. The first-order chi connectivity index (χ1) is 19.7. The second-order valence-corrected chi connectivity index (χ2v) is 10.8. The SMILES string of the molecule is CC(C)(C)OC(=O)Nc1ncc(-c2nc(N3CCOCC3)c3ncc(-c4cccc(CC(=O)CCl)c4)cc3n2)cn1. The maximum Gasteiger partial charge on any atom is 0.414 e. The van der Waals surface area contributed by atoms with Gasteiger partial charge in [0.05, 0.1) is 30.2 Å². The Bertz CT molecular complexity index is 1570. The van der Waals surface area contributed by atoms with Crippen molar-refractivity contribution in [2.24, 2.45) is 0 Å². The van der Waals surface area contributed by atoms with Crippen molar-refractivity contribution in [2.45, 2.75) is 32.8 Å². The minimum Gasteiger partial charge on any atom is -0.444 e. The zero-order valence-corrected chi connectivity index (χ0v) is 23.8. The number of alkyl halides is 1. The molecule has 1 N–H and O–H groups in total. The second kappa shape index (κ2) is 12.1. The molecule has 41 heavy (non-hydrogen) atoms. The van der Waals surface area contributed by atoms with Crippen molar-refractivity contribution < 1.29 is 19.1 Å². The van der Waals surface area contributed by atoms with E-state index < -0.39 is 11.7 Å². The molecule has 3 aromatic heterocycles. The lowest BCUT2D eigenvalue weighted by Gasteiger charge is -2.28. The van der Waals surface area contributed by atoms with Gasteiger partial charge in [0.25, 0.3) is 0 Å². The number of aromatic nitrogens is 5. The van der Waals surface area contributed by atoms with Gasteiger partial charge in [-0.2, -0.15) is 0 Å². The van der Waals surface area contributed by atoms with Crippen LogP contribution in [0.15, 0.2) is 48.9 Å². The Kier molecular flexibility index (Phi) is 8.36. The highest BCUT2D eigenvalue weighted by molar-refractivity contribution is 6.27. The highest BCUT2D eigenvalue weighted by Gasteiger charge is 2.21. The van der Waals surface area contributed by atoms with E-state index in [1.54, 1.807) is 39.4 Å². The topological polar surface area (TPSA) is 132 Å².